The highest BCUT2D eigenvalue weighted by molar-refractivity contribution is 6.74. The third-order valence-corrected chi connectivity index (χ3v) is 8.31. The molecule has 0 saturated heterocycles. The van der Waals surface area contributed by atoms with Crippen molar-refractivity contribution < 1.29 is 14.3 Å². The molecule has 0 amide bonds. The molecule has 0 aliphatic rings. The highest BCUT2D eigenvalue weighted by atomic mass is 28.4. The van der Waals surface area contributed by atoms with E-state index in [0.717, 1.165) is 0 Å². The minimum Gasteiger partial charge on any atom is -0.481 e. The number of aliphatic carboxylic acids is 1. The van der Waals surface area contributed by atoms with Crippen LogP contribution in [-0.2, 0) is 9.22 Å². The fourth-order valence-corrected chi connectivity index (χ4v) is 2.99. The molecule has 22 heavy (non-hydrogen) atoms. The Balaban J connectivity index is 5.14. The van der Waals surface area contributed by atoms with E-state index < -0.39 is 26.4 Å². The van der Waals surface area contributed by atoms with Gasteiger partial charge in [0.05, 0.1) is 25.1 Å². The van der Waals surface area contributed by atoms with Crippen LogP contribution >= 0.6 is 0 Å². The quantitative estimate of drug-likeness (QED) is 0.292. The van der Waals surface area contributed by atoms with Gasteiger partial charge >= 0.3 is 5.97 Å². The van der Waals surface area contributed by atoms with Gasteiger partial charge < -0.3 is 9.53 Å². The first kappa shape index (κ1) is 20.3. The van der Waals surface area contributed by atoms with Crippen molar-refractivity contribution in [2.24, 2.45) is 10.2 Å². The number of nitrogens with zero attached hydrogens (tertiary/aromatic N) is 6. The van der Waals surface area contributed by atoms with Gasteiger partial charge in [-0.15, -0.1) is 0 Å². The average Bonchev–Trinajstić information content (AvgIpc) is 2.33. The van der Waals surface area contributed by atoms with E-state index in [1.807, 2.05) is 0 Å². The van der Waals surface area contributed by atoms with Crippen LogP contribution in [0.1, 0.15) is 33.6 Å². The lowest BCUT2D eigenvalue weighted by Crippen LogP contribution is -2.45. The molecule has 0 aromatic carbocycles. The molecule has 124 valence electrons. The molecule has 1 N–H and O–H groups in total. The predicted molar refractivity (Wildman–Crippen MR) is 85.9 cm³/mol. The van der Waals surface area contributed by atoms with Crippen LogP contribution in [0.4, 0.5) is 0 Å². The molecule has 0 radical (unpaired) electrons. The maximum atomic E-state index is 10.8. The summed E-state index contributed by atoms with van der Waals surface area (Å²) >= 11 is 0. The second-order valence-corrected chi connectivity index (χ2v) is 11.4. The summed E-state index contributed by atoms with van der Waals surface area (Å²) in [4.78, 5) is 16.2. The second-order valence-electron chi connectivity index (χ2n) is 6.61. The summed E-state index contributed by atoms with van der Waals surface area (Å²) in [5.41, 5.74) is 17.0. The van der Waals surface area contributed by atoms with Gasteiger partial charge in [0.1, 0.15) is 0 Å². The molecule has 0 heterocycles. The van der Waals surface area contributed by atoms with E-state index in [1.165, 1.54) is 0 Å². The highest BCUT2D eigenvalue weighted by Gasteiger charge is 2.39. The molecule has 2 atom stereocenters. The molecule has 0 aliphatic heterocycles. The molecule has 9 nitrogen and oxygen atoms in total. The van der Waals surface area contributed by atoms with Crippen LogP contribution in [0.5, 0.6) is 0 Å². The molecule has 0 spiro atoms. The van der Waals surface area contributed by atoms with Crippen molar-refractivity contribution in [1.82, 2.24) is 0 Å². The Bertz CT molecular complexity index is 478. The number of carboxylic acids is 1. The number of hydrogen-bond acceptors (Lipinski definition) is 4. The molecule has 0 bridgehead atoms. The van der Waals surface area contributed by atoms with Crippen LogP contribution in [0.25, 0.3) is 20.9 Å². The van der Waals surface area contributed by atoms with Crippen molar-refractivity contribution >= 4 is 14.3 Å². The van der Waals surface area contributed by atoms with Crippen LogP contribution in [0.15, 0.2) is 10.2 Å². The minimum atomic E-state index is -2.11. The summed E-state index contributed by atoms with van der Waals surface area (Å²) in [5, 5.41) is 15.9. The Kier molecular flexibility index (Phi) is 7.97. The molecule has 0 saturated carbocycles. The summed E-state index contributed by atoms with van der Waals surface area (Å²) < 4.78 is 6.16. The van der Waals surface area contributed by atoms with E-state index in [1.54, 1.807) is 0 Å². The summed E-state index contributed by atoms with van der Waals surface area (Å²) in [6.45, 7) is 10.4. The van der Waals surface area contributed by atoms with E-state index in [9.17, 15) is 4.79 Å². The third kappa shape index (κ3) is 7.33. The molecule has 0 aromatic rings. The Morgan fingerprint density at radius 2 is 1.91 bits per heavy atom. The molecular weight excluding hydrogens is 304 g/mol. The van der Waals surface area contributed by atoms with E-state index >= 15 is 0 Å². The zero-order valence-electron chi connectivity index (χ0n) is 13.7. The molecule has 0 rings (SSSR count). The standard InChI is InChI=1S/C12H24N6O3Si/c1-12(2,3)22(4,5)21-10(8-15-17-13)6-9(16-18-14)7-11(19)20/h9-10H,6-8H2,1-5H3,(H,19,20)/t9-,10-/m1/s1. The lowest BCUT2D eigenvalue weighted by atomic mass is 10.1. The molecule has 0 unspecified atom stereocenters. The second kappa shape index (κ2) is 8.65. The van der Waals surface area contributed by atoms with Crippen LogP contribution < -0.4 is 0 Å². The maximum absolute atomic E-state index is 10.8. The van der Waals surface area contributed by atoms with Crippen LogP contribution in [0, 0.1) is 0 Å². The summed E-state index contributed by atoms with van der Waals surface area (Å²) in [6, 6.07) is -0.730. The molecule has 0 fully saturated rings. The average molecular weight is 328 g/mol. The molecule has 0 aromatic heterocycles. The van der Waals surface area contributed by atoms with Gasteiger partial charge in [-0.1, -0.05) is 31.0 Å². The van der Waals surface area contributed by atoms with Gasteiger partial charge in [-0.25, -0.2) is 0 Å². The Labute approximate surface area is 131 Å². The van der Waals surface area contributed by atoms with E-state index in [4.69, 9.17) is 20.6 Å². The largest absolute Gasteiger partial charge is 0.481 e. The van der Waals surface area contributed by atoms with E-state index in [-0.39, 0.29) is 24.4 Å². The Hall–Kier alpha value is -1.73. The fraction of sp³-hybridized carbons (Fsp3) is 0.917. The third-order valence-electron chi connectivity index (χ3n) is 3.78. The first-order chi connectivity index (χ1) is 10.0. The van der Waals surface area contributed by atoms with E-state index in [0.29, 0.717) is 0 Å². The lowest BCUT2D eigenvalue weighted by molar-refractivity contribution is -0.137. The van der Waals surface area contributed by atoms with Crippen molar-refractivity contribution in [3.8, 4) is 0 Å². The topological polar surface area (TPSA) is 144 Å². The number of rotatable bonds is 9. The number of carbonyl (C=O) groups is 1. The number of hydrogen-bond donors (Lipinski definition) is 1. The van der Waals surface area contributed by atoms with Crippen molar-refractivity contribution in [2.75, 3.05) is 6.54 Å². The van der Waals surface area contributed by atoms with Gasteiger partial charge in [-0.05, 0) is 35.6 Å². The van der Waals surface area contributed by atoms with Crippen LogP contribution in [0.3, 0.4) is 0 Å². The number of carboxylic acid groups (broad SMARTS) is 1. The van der Waals surface area contributed by atoms with Gasteiger partial charge in [-0.2, -0.15) is 0 Å². The summed E-state index contributed by atoms with van der Waals surface area (Å²) in [7, 11) is -2.11. The van der Waals surface area contributed by atoms with Crippen molar-refractivity contribution in [3.05, 3.63) is 20.9 Å². The van der Waals surface area contributed by atoms with Gasteiger partial charge in [-0.3, -0.25) is 4.79 Å². The van der Waals surface area contributed by atoms with Gasteiger partial charge in [0.25, 0.3) is 0 Å². The smallest absolute Gasteiger partial charge is 0.303 e. The Morgan fingerprint density at radius 1 is 1.32 bits per heavy atom. The molecular formula is C12H24N6O3Si. The predicted octanol–water partition coefficient (Wildman–Crippen LogP) is 4.23. The molecule has 10 heteroatoms. The summed E-state index contributed by atoms with van der Waals surface area (Å²) in [5.74, 6) is -1.05. The van der Waals surface area contributed by atoms with Crippen LogP contribution in [0.2, 0.25) is 18.1 Å². The zero-order chi connectivity index (χ0) is 17.4. The highest BCUT2D eigenvalue weighted by Crippen LogP contribution is 2.37. The SMILES string of the molecule is CC(C)(C)[Si](C)(C)O[C@@H](CN=[N+]=[N-])C[C@H](CC(=O)O)N=[N+]=[N-]. The molecule has 0 aliphatic carbocycles. The zero-order valence-corrected chi connectivity index (χ0v) is 14.7. The van der Waals surface area contributed by atoms with E-state index in [2.05, 4.69) is 53.9 Å². The first-order valence-corrected chi connectivity index (χ1v) is 9.89. The minimum absolute atomic E-state index is 0.0393. The lowest BCUT2D eigenvalue weighted by Gasteiger charge is -2.39. The Morgan fingerprint density at radius 3 is 2.32 bits per heavy atom. The first-order valence-electron chi connectivity index (χ1n) is 6.98. The maximum Gasteiger partial charge on any atom is 0.303 e. The van der Waals surface area contributed by atoms with Gasteiger partial charge in [0.15, 0.2) is 8.32 Å². The van der Waals surface area contributed by atoms with Crippen molar-refractivity contribution in [1.29, 1.82) is 0 Å². The number of azide groups is 2. The van der Waals surface area contributed by atoms with Crippen molar-refractivity contribution in [2.45, 2.75) is 63.9 Å². The monoisotopic (exact) mass is 328 g/mol. The fourth-order valence-electron chi connectivity index (χ4n) is 1.63. The van der Waals surface area contributed by atoms with Crippen LogP contribution in [-0.4, -0.2) is 38.1 Å². The van der Waals surface area contributed by atoms with Crippen molar-refractivity contribution in [3.63, 3.8) is 0 Å². The van der Waals surface area contributed by atoms with Gasteiger partial charge in [0.2, 0.25) is 0 Å². The summed E-state index contributed by atoms with van der Waals surface area (Å²) in [6.07, 6.45) is -0.536. The normalized spacial score (nSPS) is 14.4. The van der Waals surface area contributed by atoms with Gasteiger partial charge in [0, 0.05) is 9.82 Å².